The van der Waals surface area contributed by atoms with Crippen LogP contribution in [0.25, 0.3) is 27.6 Å². The zero-order valence-electron chi connectivity index (χ0n) is 18.1. The largest absolute Gasteiger partial charge is 0.543 e. The van der Waals surface area contributed by atoms with Gasteiger partial charge < -0.3 is 24.7 Å². The van der Waals surface area contributed by atoms with Crippen LogP contribution in [-0.2, 0) is 9.59 Å². The third-order valence-corrected chi connectivity index (χ3v) is 5.39. The molecule has 0 spiro atoms. The third kappa shape index (κ3) is 5.21. The molecule has 4 rings (SSSR count). The van der Waals surface area contributed by atoms with Gasteiger partial charge in [-0.1, -0.05) is 61.2 Å². The molecule has 0 atom stereocenters. The van der Waals surface area contributed by atoms with E-state index in [1.165, 1.54) is 27.5 Å². The Hall–Kier alpha value is -3.93. The summed E-state index contributed by atoms with van der Waals surface area (Å²) in [6.07, 6.45) is 3.31. The van der Waals surface area contributed by atoms with Gasteiger partial charge in [0.05, 0.1) is 23.3 Å². The molecule has 2 aromatic carbocycles. The number of aliphatic carboxylic acids is 2. The molecule has 3 aromatic rings. The summed E-state index contributed by atoms with van der Waals surface area (Å²) in [5.41, 5.74) is 7.12. The fourth-order valence-electron chi connectivity index (χ4n) is 3.66. The number of carbonyl (C=O) groups excluding carboxylic acids is 2. The van der Waals surface area contributed by atoms with Crippen LogP contribution < -0.4 is 10.2 Å². The van der Waals surface area contributed by atoms with E-state index in [2.05, 4.69) is 86.0 Å². The monoisotopic (exact) mass is 428 g/mol. The van der Waals surface area contributed by atoms with E-state index in [0.717, 1.165) is 36.6 Å². The van der Waals surface area contributed by atoms with Crippen molar-refractivity contribution in [1.82, 2.24) is 9.88 Å². The summed E-state index contributed by atoms with van der Waals surface area (Å²) in [4.78, 5) is 25.3. The van der Waals surface area contributed by atoms with Crippen molar-refractivity contribution < 1.29 is 19.8 Å². The van der Waals surface area contributed by atoms with E-state index in [9.17, 15) is 0 Å². The van der Waals surface area contributed by atoms with Crippen LogP contribution in [0.3, 0.4) is 0 Å². The second kappa shape index (κ2) is 9.92. The van der Waals surface area contributed by atoms with Crippen LogP contribution in [-0.4, -0.2) is 34.9 Å². The molecule has 0 N–H and O–H groups in total. The average molecular weight is 428 g/mol. The Balaban J connectivity index is 0.000000427. The molecule has 0 saturated heterocycles. The smallest absolute Gasteiger partial charge is 0.0870 e. The minimum absolute atomic E-state index is 0.916. The van der Waals surface area contributed by atoms with Crippen LogP contribution in [0.5, 0.6) is 0 Å². The normalized spacial score (nSPS) is 13.1. The topological polar surface area (TPSA) is 96.4 Å². The predicted molar refractivity (Wildman–Crippen MR) is 121 cm³/mol. The summed E-state index contributed by atoms with van der Waals surface area (Å²) >= 11 is 0. The van der Waals surface area contributed by atoms with Crippen LogP contribution in [0.1, 0.15) is 24.6 Å². The van der Waals surface area contributed by atoms with Gasteiger partial charge in [0.15, 0.2) is 0 Å². The molecule has 0 fully saturated rings. The summed E-state index contributed by atoms with van der Waals surface area (Å²) in [5.74, 6) is -4.37. The molecule has 6 nitrogen and oxygen atoms in total. The maximum atomic E-state index is 8.93. The van der Waals surface area contributed by atoms with Gasteiger partial charge in [0.25, 0.3) is 0 Å². The lowest BCUT2D eigenvalue weighted by molar-refractivity contribution is -0.345. The van der Waals surface area contributed by atoms with E-state index in [1.807, 2.05) is 0 Å². The van der Waals surface area contributed by atoms with Gasteiger partial charge in [-0.05, 0) is 42.9 Å². The second-order valence-corrected chi connectivity index (χ2v) is 7.63. The first-order valence-corrected chi connectivity index (χ1v) is 10.3. The van der Waals surface area contributed by atoms with Gasteiger partial charge in [-0.2, -0.15) is 0 Å². The molecule has 32 heavy (non-hydrogen) atoms. The summed E-state index contributed by atoms with van der Waals surface area (Å²) in [5, 5.41) is 20.3. The fourth-order valence-corrected chi connectivity index (χ4v) is 3.66. The lowest BCUT2D eigenvalue weighted by Crippen LogP contribution is -2.42. The van der Waals surface area contributed by atoms with Crippen LogP contribution in [0.15, 0.2) is 72.9 Å². The number of carbonyl (C=O) groups is 2. The van der Waals surface area contributed by atoms with Crippen molar-refractivity contribution in [1.29, 1.82) is 0 Å². The highest BCUT2D eigenvalue weighted by atomic mass is 16.4. The SMILES string of the molecule is C=C(C)N1CC=C(c2cc3ccccc3c(-c3ccccc3C)n2)CC1.O=C([O-])C(=O)[O-]. The number of rotatable bonds is 3. The number of carboxylic acid groups (broad SMARTS) is 2. The minimum atomic E-state index is -2.19. The average Bonchev–Trinajstić information content (AvgIpc) is 2.79. The Kier molecular flexibility index (Phi) is 7.05. The maximum Gasteiger partial charge on any atom is 0.0870 e. The molecule has 1 aromatic heterocycles. The number of aryl methyl sites for hydroxylation is 1. The van der Waals surface area contributed by atoms with Crippen molar-refractivity contribution in [3.63, 3.8) is 0 Å². The Bertz CT molecular complexity index is 1200. The number of aromatic nitrogens is 1. The van der Waals surface area contributed by atoms with Gasteiger partial charge in [0.1, 0.15) is 0 Å². The number of nitrogens with zero attached hydrogens (tertiary/aromatic N) is 2. The molecule has 0 bridgehead atoms. The lowest BCUT2D eigenvalue weighted by atomic mass is 9.97. The molecule has 0 saturated carbocycles. The number of hydrogen-bond acceptors (Lipinski definition) is 6. The molecule has 6 heteroatoms. The van der Waals surface area contributed by atoms with Crippen LogP contribution in [0.4, 0.5) is 0 Å². The molecule has 1 aliphatic heterocycles. The van der Waals surface area contributed by atoms with Crippen LogP contribution in [0, 0.1) is 6.92 Å². The first-order chi connectivity index (χ1) is 15.3. The van der Waals surface area contributed by atoms with Gasteiger partial charge in [-0.25, -0.2) is 4.98 Å². The Morgan fingerprint density at radius 1 is 1.03 bits per heavy atom. The van der Waals surface area contributed by atoms with Crippen molar-refractivity contribution in [2.75, 3.05) is 13.1 Å². The van der Waals surface area contributed by atoms with Gasteiger partial charge >= 0.3 is 0 Å². The van der Waals surface area contributed by atoms with Crippen LogP contribution in [0.2, 0.25) is 0 Å². The van der Waals surface area contributed by atoms with E-state index in [0.29, 0.717) is 0 Å². The quantitative estimate of drug-likeness (QED) is 0.594. The van der Waals surface area contributed by atoms with E-state index >= 15 is 0 Å². The van der Waals surface area contributed by atoms with Gasteiger partial charge in [-0.3, -0.25) is 0 Å². The Labute approximate surface area is 187 Å². The summed E-state index contributed by atoms with van der Waals surface area (Å²) in [7, 11) is 0. The molecule has 0 amide bonds. The maximum absolute atomic E-state index is 8.93. The van der Waals surface area contributed by atoms with Crippen molar-refractivity contribution in [2.24, 2.45) is 0 Å². The second-order valence-electron chi connectivity index (χ2n) is 7.63. The summed E-state index contributed by atoms with van der Waals surface area (Å²) < 4.78 is 0. The standard InChI is InChI=1S/C24H24N2.C2H2O4/c1-17(2)26-14-12-19(13-15-26)23-16-20-9-5-7-11-22(20)24(25-23)21-10-6-4-8-18(21)3;3-1(4)2(5)6/h4-12,16H,1,13-15H2,2-3H3;(H,3,4)(H,5,6)/p-2. The van der Waals surface area contributed by atoms with Gasteiger partial charge in [0.2, 0.25) is 0 Å². The van der Waals surface area contributed by atoms with Gasteiger partial charge in [-0.15, -0.1) is 0 Å². The number of pyridine rings is 1. The van der Waals surface area contributed by atoms with E-state index in [-0.39, 0.29) is 0 Å². The molecular weight excluding hydrogens is 404 g/mol. The van der Waals surface area contributed by atoms with Gasteiger partial charge in [0, 0.05) is 29.7 Å². The van der Waals surface area contributed by atoms with Crippen LogP contribution >= 0.6 is 0 Å². The first kappa shape index (κ1) is 22.7. The molecule has 0 aliphatic carbocycles. The van der Waals surface area contributed by atoms with Crippen molar-refractivity contribution in [2.45, 2.75) is 20.3 Å². The molecule has 1 aliphatic rings. The summed E-state index contributed by atoms with van der Waals surface area (Å²) in [6.45, 7) is 10.2. The first-order valence-electron chi connectivity index (χ1n) is 10.3. The Morgan fingerprint density at radius 2 is 1.69 bits per heavy atom. The van der Waals surface area contributed by atoms with E-state index < -0.39 is 11.9 Å². The number of benzene rings is 2. The van der Waals surface area contributed by atoms with Crippen molar-refractivity contribution in [3.05, 3.63) is 84.2 Å². The molecule has 2 heterocycles. The number of carboxylic acids is 2. The zero-order valence-corrected chi connectivity index (χ0v) is 18.1. The molecule has 164 valence electrons. The number of hydrogen-bond donors (Lipinski definition) is 0. The number of fused-ring (bicyclic) bond motifs is 1. The highest BCUT2D eigenvalue weighted by Crippen LogP contribution is 2.33. The molecule has 0 unspecified atom stereocenters. The van der Waals surface area contributed by atoms with E-state index in [4.69, 9.17) is 24.8 Å². The van der Waals surface area contributed by atoms with Crippen molar-refractivity contribution >= 4 is 28.3 Å². The predicted octanol–water partition coefficient (Wildman–Crippen LogP) is 2.32. The summed E-state index contributed by atoms with van der Waals surface area (Å²) in [6, 6.07) is 19.3. The zero-order chi connectivity index (χ0) is 23.3. The highest BCUT2D eigenvalue weighted by Gasteiger charge is 2.16. The number of allylic oxidation sites excluding steroid dienone is 1. The van der Waals surface area contributed by atoms with E-state index in [1.54, 1.807) is 0 Å². The fraction of sp³-hybridized carbons (Fsp3) is 0.192. The Morgan fingerprint density at radius 3 is 2.28 bits per heavy atom. The molecular formula is C26H24N2O4-2. The van der Waals surface area contributed by atoms with Crippen molar-refractivity contribution in [3.8, 4) is 11.3 Å². The minimum Gasteiger partial charge on any atom is -0.543 e. The molecule has 0 radical (unpaired) electrons. The highest BCUT2D eigenvalue weighted by molar-refractivity contribution is 6.25. The lowest BCUT2D eigenvalue weighted by Gasteiger charge is -2.28. The third-order valence-electron chi connectivity index (χ3n) is 5.39.